The van der Waals surface area contributed by atoms with Crippen LogP contribution in [0.15, 0.2) is 46.2 Å². The van der Waals surface area contributed by atoms with E-state index in [-0.39, 0.29) is 36.3 Å². The summed E-state index contributed by atoms with van der Waals surface area (Å²) >= 11 is 0. The second kappa shape index (κ2) is 9.09. The third kappa shape index (κ3) is 4.48. The summed E-state index contributed by atoms with van der Waals surface area (Å²) in [6.07, 6.45) is 4.61. The Kier molecular flexibility index (Phi) is 6.08. The first-order chi connectivity index (χ1) is 15.1. The first-order valence-electron chi connectivity index (χ1n) is 10.0. The number of hydrogen-bond acceptors (Lipinski definition) is 7. The molecular formula is C21H23N5O5. The predicted molar refractivity (Wildman–Crippen MR) is 112 cm³/mol. The van der Waals surface area contributed by atoms with E-state index in [0.717, 1.165) is 23.0 Å². The maximum Gasteiger partial charge on any atom is 0.333 e. The molecule has 1 aromatic carbocycles. The molecule has 0 radical (unpaired) electrons. The van der Waals surface area contributed by atoms with Gasteiger partial charge in [0.05, 0.1) is 19.8 Å². The van der Waals surface area contributed by atoms with Crippen LogP contribution in [0, 0.1) is 0 Å². The number of carbonyl (C=O) groups is 1. The molecule has 1 amide bonds. The molecule has 3 heterocycles. The maximum absolute atomic E-state index is 13.2. The molecule has 0 saturated carbocycles. The monoisotopic (exact) mass is 425 g/mol. The van der Waals surface area contributed by atoms with Gasteiger partial charge in [-0.15, -0.1) is 0 Å². The highest BCUT2D eigenvalue weighted by Crippen LogP contribution is 2.12. The third-order valence-corrected chi connectivity index (χ3v) is 5.20. The van der Waals surface area contributed by atoms with E-state index in [1.165, 1.54) is 17.0 Å². The molecule has 162 valence electrons. The van der Waals surface area contributed by atoms with Gasteiger partial charge in [0.25, 0.3) is 5.56 Å². The van der Waals surface area contributed by atoms with Gasteiger partial charge < -0.3 is 14.8 Å². The van der Waals surface area contributed by atoms with E-state index in [0.29, 0.717) is 18.9 Å². The van der Waals surface area contributed by atoms with E-state index in [1.54, 1.807) is 31.4 Å². The van der Waals surface area contributed by atoms with Crippen LogP contribution in [0.1, 0.15) is 18.4 Å². The van der Waals surface area contributed by atoms with E-state index in [2.05, 4.69) is 15.3 Å². The van der Waals surface area contributed by atoms with Crippen molar-refractivity contribution in [3.05, 3.63) is 63.1 Å². The van der Waals surface area contributed by atoms with E-state index in [9.17, 15) is 14.4 Å². The Morgan fingerprint density at radius 3 is 2.68 bits per heavy atom. The topological polar surface area (TPSA) is 117 Å². The summed E-state index contributed by atoms with van der Waals surface area (Å²) in [6, 6.07) is 7.03. The number of amides is 1. The van der Waals surface area contributed by atoms with Gasteiger partial charge in [0, 0.05) is 25.5 Å². The number of hydrogen-bond donors (Lipinski definition) is 1. The van der Waals surface area contributed by atoms with Crippen LogP contribution in [-0.4, -0.2) is 51.4 Å². The summed E-state index contributed by atoms with van der Waals surface area (Å²) in [5.41, 5.74) is -0.336. The lowest BCUT2D eigenvalue weighted by molar-refractivity contribution is -0.122. The van der Waals surface area contributed by atoms with Crippen molar-refractivity contribution in [3.63, 3.8) is 0 Å². The highest BCUT2D eigenvalue weighted by Gasteiger charge is 2.19. The summed E-state index contributed by atoms with van der Waals surface area (Å²) in [5, 5.41) is 2.79. The number of methoxy groups -OCH3 is 1. The number of benzene rings is 1. The average Bonchev–Trinajstić information content (AvgIpc) is 3.32. The van der Waals surface area contributed by atoms with E-state index in [1.807, 2.05) is 0 Å². The van der Waals surface area contributed by atoms with Gasteiger partial charge in [-0.05, 0) is 30.5 Å². The van der Waals surface area contributed by atoms with Crippen LogP contribution in [0.4, 0.5) is 0 Å². The second-order valence-corrected chi connectivity index (χ2v) is 7.28. The normalized spacial score (nSPS) is 15.8. The number of ether oxygens (including phenoxy) is 2. The Labute approximate surface area is 177 Å². The van der Waals surface area contributed by atoms with E-state index < -0.39 is 11.2 Å². The van der Waals surface area contributed by atoms with Crippen LogP contribution in [-0.2, 0) is 22.6 Å². The molecule has 1 fully saturated rings. The Morgan fingerprint density at radius 2 is 1.97 bits per heavy atom. The molecule has 0 bridgehead atoms. The lowest BCUT2D eigenvalue weighted by Gasteiger charge is -2.14. The molecule has 0 aliphatic carbocycles. The van der Waals surface area contributed by atoms with E-state index in [4.69, 9.17) is 9.47 Å². The fourth-order valence-electron chi connectivity index (χ4n) is 3.56. The minimum Gasteiger partial charge on any atom is -0.497 e. The Hall–Kier alpha value is -3.53. The fraction of sp³-hybridized carbons (Fsp3) is 0.381. The lowest BCUT2D eigenvalue weighted by atomic mass is 10.2. The van der Waals surface area contributed by atoms with Crippen LogP contribution in [0.3, 0.4) is 0 Å². The summed E-state index contributed by atoms with van der Waals surface area (Å²) in [5.74, 6) is 0.306. The summed E-state index contributed by atoms with van der Waals surface area (Å²) in [7, 11) is 1.56. The van der Waals surface area contributed by atoms with Crippen molar-refractivity contribution in [1.82, 2.24) is 24.4 Å². The van der Waals surface area contributed by atoms with Gasteiger partial charge >= 0.3 is 5.69 Å². The zero-order valence-electron chi connectivity index (χ0n) is 17.1. The molecule has 3 aromatic rings. The maximum atomic E-state index is 13.2. The molecule has 0 unspecified atom stereocenters. The molecule has 10 heteroatoms. The minimum atomic E-state index is -0.624. The molecular weight excluding hydrogens is 402 g/mol. The van der Waals surface area contributed by atoms with Gasteiger partial charge in [0.1, 0.15) is 12.3 Å². The van der Waals surface area contributed by atoms with Crippen LogP contribution >= 0.6 is 0 Å². The van der Waals surface area contributed by atoms with Gasteiger partial charge in [-0.25, -0.2) is 14.8 Å². The predicted octanol–water partition coefficient (Wildman–Crippen LogP) is 0.305. The SMILES string of the molecule is COc1ccc(Cn2c(=O)c3nccnc3n(CC(=O)NC[C@@H]3CCCO3)c2=O)cc1. The molecule has 10 nitrogen and oxygen atoms in total. The van der Waals surface area contributed by atoms with Crippen LogP contribution in [0.25, 0.3) is 11.2 Å². The number of aromatic nitrogens is 4. The quantitative estimate of drug-likeness (QED) is 0.579. The summed E-state index contributed by atoms with van der Waals surface area (Å²) in [6.45, 7) is 0.828. The molecule has 1 aliphatic heterocycles. The smallest absolute Gasteiger partial charge is 0.333 e. The van der Waals surface area contributed by atoms with Crippen LogP contribution < -0.4 is 21.3 Å². The van der Waals surface area contributed by atoms with Crippen molar-refractivity contribution in [1.29, 1.82) is 0 Å². The van der Waals surface area contributed by atoms with Crippen molar-refractivity contribution < 1.29 is 14.3 Å². The molecule has 1 N–H and O–H groups in total. The number of nitrogens with one attached hydrogen (secondary N) is 1. The second-order valence-electron chi connectivity index (χ2n) is 7.28. The standard InChI is InChI=1S/C21H23N5O5/c1-30-15-6-4-14(5-7-15)12-26-20(28)18-19(23-9-8-22-18)25(21(26)29)13-17(27)24-11-16-3-2-10-31-16/h4-9,16H,2-3,10-13H2,1H3,(H,24,27)/t16-/m0/s1. The van der Waals surface area contributed by atoms with Crippen molar-refractivity contribution in [3.8, 4) is 5.75 Å². The lowest BCUT2D eigenvalue weighted by Crippen LogP contribution is -2.44. The molecule has 1 aliphatic rings. The van der Waals surface area contributed by atoms with Crippen molar-refractivity contribution in [2.24, 2.45) is 0 Å². The average molecular weight is 425 g/mol. The van der Waals surface area contributed by atoms with Gasteiger partial charge in [-0.2, -0.15) is 0 Å². The third-order valence-electron chi connectivity index (χ3n) is 5.20. The summed E-state index contributed by atoms with van der Waals surface area (Å²) < 4.78 is 12.9. The zero-order chi connectivity index (χ0) is 21.8. The van der Waals surface area contributed by atoms with Gasteiger partial charge in [0.15, 0.2) is 11.2 Å². The first kappa shape index (κ1) is 20.7. The van der Waals surface area contributed by atoms with Crippen molar-refractivity contribution >= 4 is 17.1 Å². The van der Waals surface area contributed by atoms with Gasteiger partial charge in [-0.1, -0.05) is 12.1 Å². The van der Waals surface area contributed by atoms with Crippen LogP contribution in [0.5, 0.6) is 5.75 Å². The molecule has 0 spiro atoms. The molecule has 31 heavy (non-hydrogen) atoms. The number of fused-ring (bicyclic) bond motifs is 1. The first-order valence-corrected chi connectivity index (χ1v) is 10.0. The fourth-order valence-corrected chi connectivity index (χ4v) is 3.56. The van der Waals surface area contributed by atoms with Crippen molar-refractivity contribution in [2.75, 3.05) is 20.3 Å². The molecule has 4 rings (SSSR count). The highest BCUT2D eigenvalue weighted by molar-refractivity contribution is 5.78. The highest BCUT2D eigenvalue weighted by atomic mass is 16.5. The Morgan fingerprint density at radius 1 is 1.19 bits per heavy atom. The number of carbonyl (C=O) groups excluding carboxylic acids is 1. The molecule has 2 aromatic heterocycles. The summed E-state index contributed by atoms with van der Waals surface area (Å²) in [4.78, 5) is 46.8. The van der Waals surface area contributed by atoms with Crippen molar-refractivity contribution in [2.45, 2.75) is 32.0 Å². The van der Waals surface area contributed by atoms with Gasteiger partial charge in [0.2, 0.25) is 5.91 Å². The van der Waals surface area contributed by atoms with Crippen LogP contribution in [0.2, 0.25) is 0 Å². The molecule has 1 atom stereocenters. The minimum absolute atomic E-state index is 0.0127. The molecule has 1 saturated heterocycles. The largest absolute Gasteiger partial charge is 0.497 e. The Balaban J connectivity index is 1.66. The zero-order valence-corrected chi connectivity index (χ0v) is 17.1. The number of nitrogens with zero attached hydrogens (tertiary/aromatic N) is 4. The van der Waals surface area contributed by atoms with Gasteiger partial charge in [-0.3, -0.25) is 18.7 Å². The number of rotatable bonds is 7. The van der Waals surface area contributed by atoms with E-state index >= 15 is 0 Å². The Bertz CT molecular complexity index is 1200.